The van der Waals surface area contributed by atoms with Crippen molar-refractivity contribution in [2.24, 2.45) is 0 Å². The van der Waals surface area contributed by atoms with Crippen molar-refractivity contribution in [1.82, 2.24) is 4.31 Å². The van der Waals surface area contributed by atoms with Crippen LogP contribution in [0.4, 0.5) is 0 Å². The summed E-state index contributed by atoms with van der Waals surface area (Å²) < 4.78 is 25.0. The second-order valence-corrected chi connectivity index (χ2v) is 8.66. The Morgan fingerprint density at radius 3 is 2.57 bits per heavy atom. The summed E-state index contributed by atoms with van der Waals surface area (Å²) in [7, 11) is 1.95. The molecule has 0 saturated carbocycles. The summed E-state index contributed by atoms with van der Waals surface area (Å²) >= 11 is -1.01. The number of ether oxygens (including phenoxy) is 2. The zero-order chi connectivity index (χ0) is 15.6. The Kier molecular flexibility index (Phi) is 5.07. The fourth-order valence-corrected chi connectivity index (χ4v) is 3.80. The van der Waals surface area contributed by atoms with Crippen molar-refractivity contribution < 1.29 is 14.0 Å². The largest absolute Gasteiger partial charge is 0.598 e. The molecule has 1 heterocycles. The fraction of sp³-hybridized carbons (Fsp3) is 0.625. The van der Waals surface area contributed by atoms with Crippen LogP contribution in [-0.2, 0) is 17.8 Å². The van der Waals surface area contributed by atoms with Gasteiger partial charge in [-0.25, -0.2) is 0 Å². The maximum atomic E-state index is 12.5. The van der Waals surface area contributed by atoms with E-state index in [1.54, 1.807) is 0 Å². The Labute approximate surface area is 130 Å². The van der Waals surface area contributed by atoms with E-state index in [4.69, 9.17) is 9.47 Å². The summed E-state index contributed by atoms with van der Waals surface area (Å²) in [5.41, 5.74) is 1.18. The molecule has 0 amide bonds. The smallest absolute Gasteiger partial charge is 0.231 e. The minimum absolute atomic E-state index is 0.239. The fourth-order valence-electron chi connectivity index (χ4n) is 2.44. The van der Waals surface area contributed by atoms with E-state index in [0.29, 0.717) is 6.79 Å². The zero-order valence-electron chi connectivity index (χ0n) is 13.5. The van der Waals surface area contributed by atoms with Crippen molar-refractivity contribution in [3.05, 3.63) is 23.8 Å². The highest BCUT2D eigenvalue weighted by atomic mass is 32.2. The Hall–Kier alpha value is -0.910. The molecule has 0 aromatic heterocycles. The van der Waals surface area contributed by atoms with Crippen molar-refractivity contribution in [1.29, 1.82) is 0 Å². The molecule has 0 N–H and O–H groups in total. The molecule has 5 heteroatoms. The van der Waals surface area contributed by atoms with E-state index in [2.05, 4.69) is 13.0 Å². The molecule has 118 valence electrons. The third-order valence-corrected chi connectivity index (χ3v) is 5.55. The van der Waals surface area contributed by atoms with E-state index in [0.717, 1.165) is 24.3 Å². The van der Waals surface area contributed by atoms with Crippen molar-refractivity contribution in [2.75, 3.05) is 13.8 Å². The topological polar surface area (TPSA) is 44.8 Å². The van der Waals surface area contributed by atoms with Crippen molar-refractivity contribution in [2.45, 2.75) is 51.3 Å². The zero-order valence-corrected chi connectivity index (χ0v) is 14.3. The van der Waals surface area contributed by atoms with Gasteiger partial charge < -0.3 is 14.0 Å². The first-order valence-corrected chi connectivity index (χ1v) is 8.47. The second kappa shape index (κ2) is 6.46. The lowest BCUT2D eigenvalue weighted by Gasteiger charge is -2.34. The maximum absolute atomic E-state index is 12.5. The van der Waals surface area contributed by atoms with Gasteiger partial charge in [-0.1, -0.05) is 13.0 Å². The van der Waals surface area contributed by atoms with E-state index < -0.39 is 11.4 Å². The van der Waals surface area contributed by atoms with Crippen molar-refractivity contribution in [3.8, 4) is 11.5 Å². The first-order valence-electron chi connectivity index (χ1n) is 7.36. The van der Waals surface area contributed by atoms with Crippen molar-refractivity contribution >= 4 is 11.4 Å². The molecule has 0 saturated heterocycles. The van der Waals surface area contributed by atoms with Gasteiger partial charge in [-0.15, -0.1) is 4.31 Å². The van der Waals surface area contributed by atoms with Crippen LogP contribution in [0.2, 0.25) is 0 Å². The van der Waals surface area contributed by atoms with E-state index in [-0.39, 0.29) is 10.8 Å². The third-order valence-electron chi connectivity index (χ3n) is 3.68. The number of nitrogens with zero attached hydrogens (tertiary/aromatic N) is 1. The molecule has 1 aromatic carbocycles. The van der Waals surface area contributed by atoms with Crippen LogP contribution in [0.5, 0.6) is 11.5 Å². The molecular formula is C16H25NO3S. The van der Waals surface area contributed by atoms with Gasteiger partial charge >= 0.3 is 0 Å². The average molecular weight is 311 g/mol. The SMILES string of the molecule is CC[C@H](Cc1ccc2c(c1)OCO2)N(C)[S@@+]([O-])C(C)(C)C. The van der Waals surface area contributed by atoms with Crippen LogP contribution in [0.3, 0.4) is 0 Å². The lowest BCUT2D eigenvalue weighted by Crippen LogP contribution is -2.46. The predicted octanol–water partition coefficient (Wildman–Crippen LogP) is 3.13. The van der Waals surface area contributed by atoms with Crippen LogP contribution in [-0.4, -0.2) is 33.5 Å². The van der Waals surface area contributed by atoms with Gasteiger partial charge in [-0.2, -0.15) is 0 Å². The summed E-state index contributed by atoms with van der Waals surface area (Å²) in [5.74, 6) is 1.61. The van der Waals surface area contributed by atoms with Gasteiger partial charge in [0.05, 0.1) is 6.04 Å². The van der Waals surface area contributed by atoms with E-state index in [9.17, 15) is 4.55 Å². The number of benzene rings is 1. The van der Waals surface area contributed by atoms with E-state index in [1.807, 2.05) is 44.3 Å². The molecule has 1 aliphatic rings. The highest BCUT2D eigenvalue weighted by Crippen LogP contribution is 2.33. The molecular weight excluding hydrogens is 286 g/mol. The van der Waals surface area contributed by atoms with Gasteiger partial charge in [0.25, 0.3) is 0 Å². The van der Waals surface area contributed by atoms with Crippen molar-refractivity contribution in [3.63, 3.8) is 0 Å². The number of hydrogen-bond donors (Lipinski definition) is 0. The summed E-state index contributed by atoms with van der Waals surface area (Å²) in [5, 5.41) is 0. The molecule has 2 rings (SSSR count). The minimum atomic E-state index is -1.01. The van der Waals surface area contributed by atoms with Crippen LogP contribution >= 0.6 is 0 Å². The molecule has 0 unspecified atom stereocenters. The Morgan fingerprint density at radius 2 is 1.95 bits per heavy atom. The van der Waals surface area contributed by atoms with Crippen LogP contribution in [0.1, 0.15) is 39.7 Å². The molecule has 1 aromatic rings. The Balaban J connectivity index is 2.08. The minimum Gasteiger partial charge on any atom is -0.598 e. The maximum Gasteiger partial charge on any atom is 0.231 e. The van der Waals surface area contributed by atoms with Crippen LogP contribution in [0.25, 0.3) is 0 Å². The number of hydrogen-bond acceptors (Lipinski definition) is 4. The molecule has 0 fully saturated rings. The number of fused-ring (bicyclic) bond motifs is 1. The number of rotatable bonds is 5. The first kappa shape index (κ1) is 16.5. The quantitative estimate of drug-likeness (QED) is 0.784. The molecule has 4 nitrogen and oxygen atoms in total. The van der Waals surface area contributed by atoms with Gasteiger partial charge in [-0.05, 0) is 51.3 Å². The first-order chi connectivity index (χ1) is 9.82. The average Bonchev–Trinajstić information content (AvgIpc) is 2.89. The molecule has 21 heavy (non-hydrogen) atoms. The van der Waals surface area contributed by atoms with Crippen LogP contribution < -0.4 is 9.47 Å². The highest BCUT2D eigenvalue weighted by molar-refractivity contribution is 7.90. The van der Waals surface area contributed by atoms with E-state index in [1.165, 1.54) is 5.56 Å². The second-order valence-electron chi connectivity index (χ2n) is 6.36. The lowest BCUT2D eigenvalue weighted by atomic mass is 10.0. The molecule has 0 bridgehead atoms. The Morgan fingerprint density at radius 1 is 1.29 bits per heavy atom. The van der Waals surface area contributed by atoms with Gasteiger partial charge in [0, 0.05) is 18.4 Å². The van der Waals surface area contributed by atoms with Gasteiger partial charge in [0.15, 0.2) is 11.5 Å². The lowest BCUT2D eigenvalue weighted by molar-refractivity contribution is 0.174. The van der Waals surface area contributed by atoms with Crippen LogP contribution in [0.15, 0.2) is 18.2 Å². The monoisotopic (exact) mass is 311 g/mol. The summed E-state index contributed by atoms with van der Waals surface area (Å²) in [6.45, 7) is 8.45. The molecule has 0 radical (unpaired) electrons. The number of likely N-dealkylation sites (N-methyl/N-ethyl adjacent to an activating group) is 1. The summed E-state index contributed by atoms with van der Waals surface area (Å²) in [6.07, 6.45) is 1.80. The van der Waals surface area contributed by atoms with E-state index >= 15 is 0 Å². The predicted molar refractivity (Wildman–Crippen MR) is 86.0 cm³/mol. The van der Waals surface area contributed by atoms with Gasteiger partial charge in [0.1, 0.15) is 4.75 Å². The van der Waals surface area contributed by atoms with Gasteiger partial charge in [0.2, 0.25) is 6.79 Å². The highest BCUT2D eigenvalue weighted by Gasteiger charge is 2.34. The molecule has 2 atom stereocenters. The molecule has 0 spiro atoms. The standard InChI is InChI=1S/C16H25NO3S/c1-6-13(17(5)21(18)16(2,3)4)9-12-7-8-14-15(10-12)20-11-19-14/h7-8,10,13H,6,9,11H2,1-5H3/t13-,21+/m1/s1. The summed E-state index contributed by atoms with van der Waals surface area (Å²) in [4.78, 5) is 0. The third kappa shape index (κ3) is 3.84. The normalized spacial score (nSPS) is 17.1. The van der Waals surface area contributed by atoms with Gasteiger partial charge in [-0.3, -0.25) is 0 Å². The molecule has 1 aliphatic heterocycles. The summed E-state index contributed by atoms with van der Waals surface area (Å²) in [6, 6.07) is 6.28. The Bertz CT molecular complexity index is 487. The molecule has 0 aliphatic carbocycles. The van der Waals surface area contributed by atoms with Crippen LogP contribution in [0, 0.1) is 0 Å².